The van der Waals surface area contributed by atoms with E-state index in [-0.39, 0.29) is 25.2 Å². The maximum absolute atomic E-state index is 11.6. The van der Waals surface area contributed by atoms with Gasteiger partial charge < -0.3 is 61.6 Å². The molecular formula is C38H74O15. The van der Waals surface area contributed by atoms with Gasteiger partial charge in [-0.15, -0.1) is 0 Å². The van der Waals surface area contributed by atoms with Crippen LogP contribution in [0.15, 0.2) is 0 Å². The largest absolute Gasteiger partial charge is 0.463 e. The Kier molecular flexibility index (Phi) is 45.3. The average Bonchev–Trinajstić information content (AvgIpc) is 3.16. The number of carbonyl (C=O) groups is 2. The fraction of sp³-hybridized carbons (Fsp3) is 0.947. The minimum absolute atomic E-state index is 0.155. The first-order chi connectivity index (χ1) is 26.2. The third-order valence-corrected chi connectivity index (χ3v) is 7.17. The molecule has 0 unspecified atom stereocenters. The van der Waals surface area contributed by atoms with Gasteiger partial charge in [-0.25, -0.2) is 0 Å². The van der Waals surface area contributed by atoms with Crippen LogP contribution in [0.4, 0.5) is 0 Å². The lowest BCUT2D eigenvalue weighted by atomic mass is 10.2. The molecule has 0 fully saturated rings. The summed E-state index contributed by atoms with van der Waals surface area (Å²) in [5.41, 5.74) is 0. The van der Waals surface area contributed by atoms with Crippen molar-refractivity contribution in [1.29, 1.82) is 0 Å². The number of rotatable bonds is 46. The summed E-state index contributed by atoms with van der Waals surface area (Å²) in [4.78, 5) is 23.1. The van der Waals surface area contributed by atoms with Crippen molar-refractivity contribution >= 4 is 11.9 Å². The summed E-state index contributed by atoms with van der Waals surface area (Å²) in [6, 6.07) is 0. The molecular weight excluding hydrogens is 696 g/mol. The third kappa shape index (κ3) is 46.6. The molecule has 0 saturated carbocycles. The van der Waals surface area contributed by atoms with Gasteiger partial charge in [-0.05, 0) is 12.8 Å². The van der Waals surface area contributed by atoms with Crippen molar-refractivity contribution in [3.63, 3.8) is 0 Å². The molecule has 0 aliphatic heterocycles. The van der Waals surface area contributed by atoms with Crippen LogP contribution in [0.25, 0.3) is 0 Å². The van der Waals surface area contributed by atoms with E-state index in [2.05, 4.69) is 13.8 Å². The first-order valence-electron chi connectivity index (χ1n) is 19.9. The molecule has 0 saturated heterocycles. The lowest BCUT2D eigenvalue weighted by molar-refractivity contribution is -0.146. The van der Waals surface area contributed by atoms with Crippen LogP contribution in [0.5, 0.6) is 0 Å². The van der Waals surface area contributed by atoms with E-state index in [1.807, 2.05) is 0 Å². The highest BCUT2D eigenvalue weighted by atomic mass is 16.6. The molecule has 316 valence electrons. The van der Waals surface area contributed by atoms with Crippen LogP contribution in [-0.2, 0) is 71.2 Å². The van der Waals surface area contributed by atoms with E-state index in [4.69, 9.17) is 61.6 Å². The highest BCUT2D eigenvalue weighted by Crippen LogP contribution is 2.04. The quantitative estimate of drug-likeness (QED) is 0.0642. The zero-order valence-electron chi connectivity index (χ0n) is 33.2. The van der Waals surface area contributed by atoms with Crippen LogP contribution < -0.4 is 0 Å². The van der Waals surface area contributed by atoms with Crippen LogP contribution in [-0.4, -0.2) is 171 Å². The van der Waals surface area contributed by atoms with Gasteiger partial charge in [-0.3, -0.25) is 9.59 Å². The molecule has 0 radical (unpaired) electrons. The first kappa shape index (κ1) is 51.5. The SMILES string of the molecule is CCCCCCC(=O)OCCOCCOCCOCCOCCOCCOCCOCCOCCOCCOCCOCCOC(=O)CCCCCC. The van der Waals surface area contributed by atoms with Gasteiger partial charge in [0.05, 0.1) is 145 Å². The minimum Gasteiger partial charge on any atom is -0.463 e. The van der Waals surface area contributed by atoms with Crippen molar-refractivity contribution < 1.29 is 71.2 Å². The zero-order chi connectivity index (χ0) is 38.4. The highest BCUT2D eigenvalue weighted by Gasteiger charge is 2.03. The topological polar surface area (TPSA) is 154 Å². The van der Waals surface area contributed by atoms with Crippen LogP contribution >= 0.6 is 0 Å². The van der Waals surface area contributed by atoms with Gasteiger partial charge in [-0.1, -0.05) is 52.4 Å². The van der Waals surface area contributed by atoms with Crippen LogP contribution in [0.1, 0.15) is 78.1 Å². The van der Waals surface area contributed by atoms with Gasteiger partial charge in [0.1, 0.15) is 13.2 Å². The fourth-order valence-corrected chi connectivity index (χ4v) is 4.27. The molecule has 53 heavy (non-hydrogen) atoms. The Bertz CT molecular complexity index is 674. The summed E-state index contributed by atoms with van der Waals surface area (Å²) < 4.78 is 70.3. The van der Waals surface area contributed by atoms with Crippen LogP contribution in [0, 0.1) is 0 Å². The Morgan fingerprint density at radius 2 is 0.453 bits per heavy atom. The van der Waals surface area contributed by atoms with Crippen molar-refractivity contribution in [2.45, 2.75) is 78.1 Å². The van der Waals surface area contributed by atoms with E-state index in [9.17, 15) is 9.59 Å². The number of carbonyl (C=O) groups excluding carboxylic acids is 2. The molecule has 0 aromatic carbocycles. The molecule has 0 N–H and O–H groups in total. The second-order valence-corrected chi connectivity index (χ2v) is 11.8. The van der Waals surface area contributed by atoms with Gasteiger partial charge in [0.15, 0.2) is 0 Å². The number of esters is 2. The molecule has 15 nitrogen and oxygen atoms in total. The van der Waals surface area contributed by atoms with E-state index in [0.717, 1.165) is 51.4 Å². The van der Waals surface area contributed by atoms with Gasteiger partial charge in [0.25, 0.3) is 0 Å². The summed E-state index contributed by atoms with van der Waals surface area (Å²) in [5, 5.41) is 0. The summed E-state index contributed by atoms with van der Waals surface area (Å²) in [7, 11) is 0. The van der Waals surface area contributed by atoms with Crippen molar-refractivity contribution in [3.05, 3.63) is 0 Å². The van der Waals surface area contributed by atoms with E-state index in [1.165, 1.54) is 0 Å². The first-order valence-corrected chi connectivity index (χ1v) is 19.9. The Labute approximate surface area is 319 Å². The third-order valence-electron chi connectivity index (χ3n) is 7.17. The molecule has 0 aliphatic rings. The molecule has 0 spiro atoms. The molecule has 0 aromatic heterocycles. The second kappa shape index (κ2) is 46.7. The Morgan fingerprint density at radius 1 is 0.264 bits per heavy atom. The Hall–Kier alpha value is -1.50. The molecule has 0 aliphatic carbocycles. The normalized spacial score (nSPS) is 11.4. The zero-order valence-corrected chi connectivity index (χ0v) is 33.2. The van der Waals surface area contributed by atoms with Gasteiger partial charge in [0.2, 0.25) is 0 Å². The summed E-state index contributed by atoms with van der Waals surface area (Å²) in [6.45, 7) is 15.2. The Morgan fingerprint density at radius 3 is 0.642 bits per heavy atom. The van der Waals surface area contributed by atoms with Gasteiger partial charge in [0, 0.05) is 12.8 Å². The smallest absolute Gasteiger partial charge is 0.305 e. The maximum Gasteiger partial charge on any atom is 0.305 e. The maximum atomic E-state index is 11.6. The van der Waals surface area contributed by atoms with Crippen molar-refractivity contribution in [2.24, 2.45) is 0 Å². The molecule has 0 atom stereocenters. The summed E-state index contributed by atoms with van der Waals surface area (Å²) in [5.74, 6) is -0.311. The van der Waals surface area contributed by atoms with E-state index in [0.29, 0.717) is 158 Å². The number of unbranched alkanes of at least 4 members (excludes halogenated alkanes) is 6. The van der Waals surface area contributed by atoms with E-state index >= 15 is 0 Å². The molecule has 0 rings (SSSR count). The number of hydrogen-bond acceptors (Lipinski definition) is 15. The monoisotopic (exact) mass is 771 g/mol. The predicted octanol–water partition coefficient (Wildman–Crippen LogP) is 4.20. The van der Waals surface area contributed by atoms with E-state index < -0.39 is 0 Å². The predicted molar refractivity (Wildman–Crippen MR) is 198 cm³/mol. The van der Waals surface area contributed by atoms with Crippen molar-refractivity contribution in [1.82, 2.24) is 0 Å². The summed E-state index contributed by atoms with van der Waals surface area (Å²) >= 11 is 0. The molecule has 0 aromatic rings. The average molecular weight is 771 g/mol. The van der Waals surface area contributed by atoms with Crippen LogP contribution in [0.2, 0.25) is 0 Å². The Balaban J connectivity index is 3.11. The lowest BCUT2D eigenvalue weighted by Gasteiger charge is -2.09. The van der Waals surface area contributed by atoms with Crippen molar-refractivity contribution in [2.75, 3.05) is 159 Å². The number of ether oxygens (including phenoxy) is 13. The van der Waals surface area contributed by atoms with E-state index in [1.54, 1.807) is 0 Å². The highest BCUT2D eigenvalue weighted by molar-refractivity contribution is 5.69. The standard InChI is InChI=1S/C38H74O15/c1-3-5-7-9-11-37(39)52-35-33-50-31-29-48-27-25-46-23-21-44-19-17-42-15-13-41-14-16-43-18-20-45-22-24-47-26-28-49-30-32-51-34-36-53-38(40)12-10-8-6-4-2/h3-36H2,1-2H3. The van der Waals surface area contributed by atoms with Crippen molar-refractivity contribution in [3.8, 4) is 0 Å². The second-order valence-electron chi connectivity index (χ2n) is 11.8. The fourth-order valence-electron chi connectivity index (χ4n) is 4.27. The van der Waals surface area contributed by atoms with Gasteiger partial charge in [-0.2, -0.15) is 0 Å². The van der Waals surface area contributed by atoms with Crippen LogP contribution in [0.3, 0.4) is 0 Å². The lowest BCUT2D eigenvalue weighted by Crippen LogP contribution is -2.16. The number of hydrogen-bond donors (Lipinski definition) is 0. The summed E-state index contributed by atoms with van der Waals surface area (Å²) in [6.07, 6.45) is 9.49. The molecule has 0 bridgehead atoms. The minimum atomic E-state index is -0.155. The molecule has 0 amide bonds. The molecule has 15 heteroatoms. The molecule has 0 heterocycles. The van der Waals surface area contributed by atoms with Gasteiger partial charge >= 0.3 is 11.9 Å².